The molecule has 0 aliphatic heterocycles. The molecule has 8 atom stereocenters. The van der Waals surface area contributed by atoms with E-state index in [-0.39, 0.29) is 48.7 Å². The summed E-state index contributed by atoms with van der Waals surface area (Å²) in [5.41, 5.74) is 1.15. The molecule has 4 bridgehead atoms. The van der Waals surface area contributed by atoms with Crippen molar-refractivity contribution >= 4 is 41.8 Å². The fourth-order valence-corrected chi connectivity index (χ4v) is 11.4. The van der Waals surface area contributed by atoms with Gasteiger partial charge in [0.1, 0.15) is 11.5 Å². The van der Waals surface area contributed by atoms with Crippen LogP contribution in [0.25, 0.3) is 21.5 Å². The van der Waals surface area contributed by atoms with E-state index in [9.17, 15) is 16.8 Å². The van der Waals surface area contributed by atoms with Crippen LogP contribution in [0.1, 0.15) is 35.8 Å². The Morgan fingerprint density at radius 1 is 0.714 bits per heavy atom. The first-order valence-electron chi connectivity index (χ1n) is 14.4. The predicted molar refractivity (Wildman–Crippen MR) is 159 cm³/mol. The van der Waals surface area contributed by atoms with Crippen molar-refractivity contribution in [2.45, 2.75) is 24.7 Å². The molecule has 3 saturated carbocycles. The normalized spacial score (nSPS) is 35.3. The number of benzene rings is 3. The van der Waals surface area contributed by atoms with Gasteiger partial charge < -0.3 is 9.47 Å². The summed E-state index contributed by atoms with van der Waals surface area (Å²) in [5.74, 6) is 2.23. The number of hydrogen-bond acceptors (Lipinski definition) is 8. The summed E-state index contributed by atoms with van der Waals surface area (Å²) in [7, 11) is -4.03. The van der Waals surface area contributed by atoms with E-state index < -0.39 is 31.1 Å². The molecule has 0 amide bonds. The summed E-state index contributed by atoms with van der Waals surface area (Å²) in [6.07, 6.45) is 8.26. The van der Waals surface area contributed by atoms with E-state index in [1.54, 1.807) is 14.2 Å². The van der Waals surface area contributed by atoms with Crippen LogP contribution in [-0.2, 0) is 28.6 Å². The van der Waals surface area contributed by atoms with Crippen molar-refractivity contribution in [2.24, 2.45) is 34.5 Å². The average molecular weight is 611 g/mol. The molecule has 8 rings (SSSR count). The van der Waals surface area contributed by atoms with E-state index in [0.717, 1.165) is 69.5 Å². The Balaban J connectivity index is 1.38. The molecule has 3 fully saturated rings. The lowest BCUT2D eigenvalue weighted by atomic mass is 9.33. The first-order valence-corrected chi connectivity index (χ1v) is 18.1. The quantitative estimate of drug-likeness (QED) is 0.152. The summed E-state index contributed by atoms with van der Waals surface area (Å²) in [4.78, 5) is 0. The molecule has 42 heavy (non-hydrogen) atoms. The molecule has 0 N–H and O–H groups in total. The summed E-state index contributed by atoms with van der Waals surface area (Å²) in [6.45, 7) is 0.0315. The van der Waals surface area contributed by atoms with Crippen LogP contribution in [0.4, 0.5) is 0 Å². The molecule has 10 heteroatoms. The highest BCUT2D eigenvalue weighted by molar-refractivity contribution is 7.86. The number of fused-ring (bicyclic) bond motifs is 17. The lowest BCUT2D eigenvalue weighted by Crippen LogP contribution is -2.72. The van der Waals surface area contributed by atoms with Crippen LogP contribution in [-0.4, -0.2) is 56.8 Å². The van der Waals surface area contributed by atoms with Crippen molar-refractivity contribution in [1.29, 1.82) is 0 Å². The Morgan fingerprint density at radius 2 is 1.14 bits per heavy atom. The van der Waals surface area contributed by atoms with Gasteiger partial charge in [0.2, 0.25) is 0 Å². The van der Waals surface area contributed by atoms with Gasteiger partial charge in [0.25, 0.3) is 20.2 Å². The van der Waals surface area contributed by atoms with Gasteiger partial charge in [0, 0.05) is 32.7 Å². The van der Waals surface area contributed by atoms with Gasteiger partial charge in [-0.1, -0.05) is 36.4 Å². The third-order valence-corrected chi connectivity index (χ3v) is 12.6. The number of ether oxygens (including phenoxy) is 2. The van der Waals surface area contributed by atoms with Crippen LogP contribution in [0.15, 0.2) is 48.6 Å². The van der Waals surface area contributed by atoms with Gasteiger partial charge in [0.15, 0.2) is 0 Å². The molecule has 222 valence electrons. The molecule has 0 unspecified atom stereocenters. The molecule has 0 heterocycles. The second-order valence-corrected chi connectivity index (χ2v) is 16.3. The first-order chi connectivity index (χ1) is 19.9. The van der Waals surface area contributed by atoms with Gasteiger partial charge in [-0.15, -0.1) is 0 Å². The van der Waals surface area contributed by atoms with E-state index in [1.807, 2.05) is 12.1 Å². The minimum absolute atomic E-state index is 0.0157. The SMILES string of the molecule is COc1c2c(c(OC)c3cc4ccccc4cc13)[C@@H]1C[C@H]2[C@@H]2[C@H]1[C@@]1(COS(C)(=O)=O)[C@@H]3C=C[C@@H](C3)[C@@]21COS(C)(=O)=O. The minimum atomic E-state index is -3.73. The van der Waals surface area contributed by atoms with Gasteiger partial charge in [-0.2, -0.15) is 16.8 Å². The van der Waals surface area contributed by atoms with Gasteiger partial charge in [-0.25, -0.2) is 0 Å². The van der Waals surface area contributed by atoms with Gasteiger partial charge in [-0.05, 0) is 71.3 Å². The zero-order chi connectivity index (χ0) is 29.4. The van der Waals surface area contributed by atoms with Crippen LogP contribution in [0, 0.1) is 34.5 Å². The van der Waals surface area contributed by atoms with Crippen molar-refractivity contribution in [3.05, 3.63) is 59.7 Å². The Bertz CT molecular complexity index is 1800. The lowest BCUT2D eigenvalue weighted by Gasteiger charge is -2.71. The molecule has 0 saturated heterocycles. The van der Waals surface area contributed by atoms with Crippen LogP contribution in [0.3, 0.4) is 0 Å². The van der Waals surface area contributed by atoms with Gasteiger partial charge in [-0.3, -0.25) is 8.37 Å². The van der Waals surface area contributed by atoms with Crippen LogP contribution in [0.2, 0.25) is 0 Å². The van der Waals surface area contributed by atoms with Crippen LogP contribution in [0.5, 0.6) is 11.5 Å². The Labute approximate surface area is 246 Å². The van der Waals surface area contributed by atoms with Crippen molar-refractivity contribution < 1.29 is 34.7 Å². The molecular weight excluding hydrogens is 576 g/mol. The average Bonchev–Trinajstić information content (AvgIpc) is 3.68. The zero-order valence-corrected chi connectivity index (χ0v) is 25.6. The highest BCUT2D eigenvalue weighted by Gasteiger charge is 2.85. The number of methoxy groups -OCH3 is 2. The molecule has 5 aliphatic rings. The van der Waals surface area contributed by atoms with Gasteiger partial charge >= 0.3 is 0 Å². The third-order valence-electron chi connectivity index (χ3n) is 11.6. The van der Waals surface area contributed by atoms with E-state index in [1.165, 1.54) is 0 Å². The third kappa shape index (κ3) is 3.19. The smallest absolute Gasteiger partial charge is 0.264 e. The summed E-state index contributed by atoms with van der Waals surface area (Å²) in [5, 5.41) is 4.22. The lowest BCUT2D eigenvalue weighted by molar-refractivity contribution is -0.244. The fourth-order valence-electron chi connectivity index (χ4n) is 10.6. The van der Waals surface area contributed by atoms with Gasteiger partial charge in [0.05, 0.1) is 39.9 Å². The van der Waals surface area contributed by atoms with Crippen molar-refractivity contribution in [3.8, 4) is 11.5 Å². The monoisotopic (exact) mass is 610 g/mol. The molecule has 8 nitrogen and oxygen atoms in total. The molecular formula is C32H34O8S2. The second-order valence-electron chi connectivity index (χ2n) is 13.0. The van der Waals surface area contributed by atoms with E-state index in [4.69, 9.17) is 17.8 Å². The molecule has 3 aromatic carbocycles. The van der Waals surface area contributed by atoms with Crippen molar-refractivity contribution in [1.82, 2.24) is 0 Å². The molecule has 0 radical (unpaired) electrons. The zero-order valence-electron chi connectivity index (χ0n) is 24.0. The number of allylic oxidation sites excluding steroid dienone is 2. The molecule has 3 aromatic rings. The largest absolute Gasteiger partial charge is 0.496 e. The summed E-state index contributed by atoms with van der Waals surface area (Å²) in [6, 6.07) is 12.6. The Morgan fingerprint density at radius 3 is 1.52 bits per heavy atom. The fraction of sp³-hybridized carbons (Fsp3) is 0.500. The highest BCUT2D eigenvalue weighted by Crippen LogP contribution is 2.89. The van der Waals surface area contributed by atoms with E-state index in [2.05, 4.69) is 36.4 Å². The number of rotatable bonds is 8. The topological polar surface area (TPSA) is 105 Å². The van der Waals surface area contributed by atoms with Crippen LogP contribution < -0.4 is 9.47 Å². The van der Waals surface area contributed by atoms with E-state index in [0.29, 0.717) is 0 Å². The number of hydrogen-bond donors (Lipinski definition) is 0. The molecule has 0 spiro atoms. The summed E-state index contributed by atoms with van der Waals surface area (Å²) < 4.78 is 73.2. The maximum atomic E-state index is 12.4. The predicted octanol–water partition coefficient (Wildman–Crippen LogP) is 4.97. The van der Waals surface area contributed by atoms with Crippen LogP contribution >= 0.6 is 0 Å². The first kappa shape index (κ1) is 26.9. The van der Waals surface area contributed by atoms with Crippen molar-refractivity contribution in [2.75, 3.05) is 39.9 Å². The highest BCUT2D eigenvalue weighted by atomic mass is 32.2. The molecule has 5 aliphatic carbocycles. The molecule has 0 aromatic heterocycles. The second kappa shape index (κ2) is 8.49. The maximum Gasteiger partial charge on any atom is 0.264 e. The van der Waals surface area contributed by atoms with E-state index >= 15 is 0 Å². The Hall–Kier alpha value is -2.66. The summed E-state index contributed by atoms with van der Waals surface area (Å²) >= 11 is 0. The Kier molecular flexibility index (Phi) is 5.44. The maximum absolute atomic E-state index is 12.4. The minimum Gasteiger partial charge on any atom is -0.496 e. The van der Waals surface area contributed by atoms with Crippen molar-refractivity contribution in [3.63, 3.8) is 0 Å². The standard InChI is InChI=1S/C32H34O8S2/c1-37-29-21-11-17-7-5-6-8-18(17)12-22(21)30(38-2)26-24-14-23(25(26)29)27-28(24)32(16-40-42(4,35)36)20-10-9-19(13-20)31(27,32)15-39-41(3,33)34/h5-12,19-20,23-24,27-28H,13-16H2,1-4H3/t19-,20+,23+,24-,27+,28-,31-,32+.